The zero-order valence-corrected chi connectivity index (χ0v) is 12.4. The van der Waals surface area contributed by atoms with Crippen molar-refractivity contribution >= 4 is 0 Å². The molecule has 2 rings (SSSR count). The number of rotatable bonds is 5. The highest BCUT2D eigenvalue weighted by Gasteiger charge is 2.06. The number of ether oxygens (including phenoxy) is 2. The maximum absolute atomic E-state index is 9.03. The fourth-order valence-electron chi connectivity index (χ4n) is 1.96. The van der Waals surface area contributed by atoms with Gasteiger partial charge in [0.2, 0.25) is 0 Å². The molecule has 0 fully saturated rings. The molecule has 1 unspecified atom stereocenters. The highest BCUT2D eigenvalue weighted by atomic mass is 16.5. The van der Waals surface area contributed by atoms with Crippen LogP contribution < -0.4 is 14.8 Å². The second kappa shape index (κ2) is 6.78. The molecule has 0 heterocycles. The first-order valence-corrected chi connectivity index (χ1v) is 6.70. The molecule has 1 atom stereocenters. The zero-order chi connectivity index (χ0) is 15.2. The molecule has 0 aromatic heterocycles. The van der Waals surface area contributed by atoms with Gasteiger partial charge < -0.3 is 14.8 Å². The van der Waals surface area contributed by atoms with Crippen molar-refractivity contribution in [3.05, 3.63) is 53.6 Å². The molecule has 0 amide bonds. The van der Waals surface area contributed by atoms with Crippen LogP contribution in [0.3, 0.4) is 0 Å². The number of benzene rings is 2. The SMILES string of the molecule is CNC(C)c1cccc(Oc2cc(C#N)cc(OC)c2)c1. The van der Waals surface area contributed by atoms with E-state index >= 15 is 0 Å². The Hall–Kier alpha value is -2.51. The van der Waals surface area contributed by atoms with Crippen LogP contribution in [0.1, 0.15) is 24.1 Å². The monoisotopic (exact) mass is 282 g/mol. The Morgan fingerprint density at radius 3 is 2.52 bits per heavy atom. The maximum Gasteiger partial charge on any atom is 0.132 e. The summed E-state index contributed by atoms with van der Waals surface area (Å²) in [6.45, 7) is 2.08. The molecule has 0 aliphatic carbocycles. The Morgan fingerprint density at radius 1 is 1.10 bits per heavy atom. The fraction of sp³-hybridized carbons (Fsp3) is 0.235. The van der Waals surface area contributed by atoms with E-state index in [2.05, 4.69) is 18.3 Å². The molecule has 0 saturated carbocycles. The smallest absolute Gasteiger partial charge is 0.132 e. The Morgan fingerprint density at radius 2 is 1.86 bits per heavy atom. The van der Waals surface area contributed by atoms with Gasteiger partial charge in [-0.15, -0.1) is 0 Å². The molecule has 21 heavy (non-hydrogen) atoms. The summed E-state index contributed by atoms with van der Waals surface area (Å²) >= 11 is 0. The van der Waals surface area contributed by atoms with E-state index in [1.54, 1.807) is 25.3 Å². The number of hydrogen-bond donors (Lipinski definition) is 1. The van der Waals surface area contributed by atoms with E-state index in [0.29, 0.717) is 17.1 Å². The summed E-state index contributed by atoms with van der Waals surface area (Å²) in [4.78, 5) is 0. The number of nitriles is 1. The van der Waals surface area contributed by atoms with Gasteiger partial charge >= 0.3 is 0 Å². The Kier molecular flexibility index (Phi) is 4.81. The van der Waals surface area contributed by atoms with Gasteiger partial charge in [-0.25, -0.2) is 0 Å². The van der Waals surface area contributed by atoms with E-state index in [1.807, 2.05) is 31.3 Å². The molecule has 0 radical (unpaired) electrons. The molecule has 2 aromatic carbocycles. The minimum absolute atomic E-state index is 0.244. The van der Waals surface area contributed by atoms with Crippen LogP contribution in [0.25, 0.3) is 0 Å². The summed E-state index contributed by atoms with van der Waals surface area (Å²) in [5, 5.41) is 12.2. The van der Waals surface area contributed by atoms with Crippen molar-refractivity contribution in [3.63, 3.8) is 0 Å². The van der Waals surface area contributed by atoms with Gasteiger partial charge in [-0.05, 0) is 43.8 Å². The molecule has 0 aliphatic rings. The van der Waals surface area contributed by atoms with Crippen molar-refractivity contribution < 1.29 is 9.47 Å². The summed E-state index contributed by atoms with van der Waals surface area (Å²) in [6.07, 6.45) is 0. The summed E-state index contributed by atoms with van der Waals surface area (Å²) in [7, 11) is 3.48. The van der Waals surface area contributed by atoms with E-state index in [4.69, 9.17) is 14.7 Å². The van der Waals surface area contributed by atoms with E-state index in [-0.39, 0.29) is 6.04 Å². The first-order chi connectivity index (χ1) is 10.2. The molecule has 1 N–H and O–H groups in total. The summed E-state index contributed by atoms with van der Waals surface area (Å²) in [5.41, 5.74) is 1.64. The van der Waals surface area contributed by atoms with Crippen LogP contribution in [0.2, 0.25) is 0 Å². The second-order valence-electron chi connectivity index (χ2n) is 4.69. The van der Waals surface area contributed by atoms with Crippen LogP contribution in [-0.2, 0) is 0 Å². The predicted octanol–water partition coefficient (Wildman–Crippen LogP) is 3.64. The third kappa shape index (κ3) is 3.74. The summed E-state index contributed by atoms with van der Waals surface area (Å²) in [6, 6.07) is 15.3. The maximum atomic E-state index is 9.03. The first kappa shape index (κ1) is 14.9. The zero-order valence-electron chi connectivity index (χ0n) is 12.4. The first-order valence-electron chi connectivity index (χ1n) is 6.70. The van der Waals surface area contributed by atoms with Crippen LogP contribution in [0, 0.1) is 11.3 Å². The van der Waals surface area contributed by atoms with Gasteiger partial charge in [0, 0.05) is 12.1 Å². The van der Waals surface area contributed by atoms with Crippen molar-refractivity contribution in [1.29, 1.82) is 5.26 Å². The van der Waals surface area contributed by atoms with Crippen LogP contribution in [0.15, 0.2) is 42.5 Å². The topological polar surface area (TPSA) is 54.3 Å². The van der Waals surface area contributed by atoms with Gasteiger partial charge in [0.25, 0.3) is 0 Å². The van der Waals surface area contributed by atoms with Gasteiger partial charge in [0.1, 0.15) is 17.2 Å². The van der Waals surface area contributed by atoms with Crippen LogP contribution in [0.4, 0.5) is 0 Å². The lowest BCUT2D eigenvalue weighted by molar-refractivity contribution is 0.408. The molecule has 0 aliphatic heterocycles. The predicted molar refractivity (Wildman–Crippen MR) is 81.7 cm³/mol. The largest absolute Gasteiger partial charge is 0.497 e. The van der Waals surface area contributed by atoms with Crippen molar-refractivity contribution in [2.45, 2.75) is 13.0 Å². The van der Waals surface area contributed by atoms with Crippen molar-refractivity contribution in [2.75, 3.05) is 14.2 Å². The Bertz CT molecular complexity index is 662. The van der Waals surface area contributed by atoms with E-state index in [9.17, 15) is 0 Å². The molecule has 0 spiro atoms. The Labute approximate surface area is 124 Å². The highest BCUT2D eigenvalue weighted by Crippen LogP contribution is 2.28. The molecule has 0 bridgehead atoms. The number of nitrogens with one attached hydrogen (secondary N) is 1. The lowest BCUT2D eigenvalue weighted by Gasteiger charge is -2.13. The van der Waals surface area contributed by atoms with Gasteiger partial charge in [0.15, 0.2) is 0 Å². The Balaban J connectivity index is 2.28. The van der Waals surface area contributed by atoms with Crippen molar-refractivity contribution in [2.24, 2.45) is 0 Å². The third-order valence-corrected chi connectivity index (χ3v) is 3.27. The van der Waals surface area contributed by atoms with Gasteiger partial charge in [-0.1, -0.05) is 12.1 Å². The molecular weight excluding hydrogens is 264 g/mol. The van der Waals surface area contributed by atoms with Crippen LogP contribution in [0.5, 0.6) is 17.2 Å². The lowest BCUT2D eigenvalue weighted by atomic mass is 10.1. The number of nitrogens with zero attached hydrogens (tertiary/aromatic N) is 1. The highest BCUT2D eigenvalue weighted by molar-refractivity contribution is 5.45. The van der Waals surface area contributed by atoms with E-state index in [0.717, 1.165) is 11.3 Å². The van der Waals surface area contributed by atoms with E-state index < -0.39 is 0 Å². The van der Waals surface area contributed by atoms with E-state index in [1.165, 1.54) is 0 Å². The quantitative estimate of drug-likeness (QED) is 0.909. The average molecular weight is 282 g/mol. The number of methoxy groups -OCH3 is 1. The molecule has 2 aromatic rings. The second-order valence-corrected chi connectivity index (χ2v) is 4.69. The molecule has 0 saturated heterocycles. The molecule has 4 nitrogen and oxygen atoms in total. The normalized spacial score (nSPS) is 11.5. The number of hydrogen-bond acceptors (Lipinski definition) is 4. The van der Waals surface area contributed by atoms with Gasteiger partial charge in [-0.2, -0.15) is 5.26 Å². The molecule has 108 valence electrons. The molecular formula is C17H18N2O2. The van der Waals surface area contributed by atoms with Crippen LogP contribution in [-0.4, -0.2) is 14.2 Å². The van der Waals surface area contributed by atoms with Gasteiger partial charge in [0.05, 0.1) is 18.7 Å². The minimum atomic E-state index is 0.244. The van der Waals surface area contributed by atoms with Crippen molar-refractivity contribution in [3.8, 4) is 23.3 Å². The van der Waals surface area contributed by atoms with Gasteiger partial charge in [-0.3, -0.25) is 0 Å². The molecule has 4 heteroatoms. The van der Waals surface area contributed by atoms with Crippen molar-refractivity contribution in [1.82, 2.24) is 5.32 Å². The summed E-state index contributed by atoms with van der Waals surface area (Å²) < 4.78 is 11.0. The average Bonchev–Trinajstić information content (AvgIpc) is 2.53. The standard InChI is InChI=1S/C17H18N2O2/c1-12(19-2)14-5-4-6-15(9-14)21-17-8-13(11-18)7-16(10-17)20-3/h4-10,12,19H,1-3H3. The minimum Gasteiger partial charge on any atom is -0.497 e. The fourth-order valence-corrected chi connectivity index (χ4v) is 1.96. The lowest BCUT2D eigenvalue weighted by Crippen LogP contribution is -2.11. The summed E-state index contributed by atoms with van der Waals surface area (Å²) in [5.74, 6) is 1.91. The van der Waals surface area contributed by atoms with Crippen LogP contribution >= 0.6 is 0 Å². The third-order valence-electron chi connectivity index (χ3n) is 3.27.